The van der Waals surface area contributed by atoms with Gasteiger partial charge in [-0.3, -0.25) is 4.79 Å². The van der Waals surface area contributed by atoms with Gasteiger partial charge in [0.2, 0.25) is 0 Å². The lowest BCUT2D eigenvalue weighted by atomic mass is 9.86. The van der Waals surface area contributed by atoms with E-state index in [9.17, 15) is 4.79 Å². The molecule has 0 amide bonds. The molecule has 2 nitrogen and oxygen atoms in total. The molecule has 0 bridgehead atoms. The van der Waals surface area contributed by atoms with Crippen LogP contribution in [0.4, 0.5) is 0 Å². The second kappa shape index (κ2) is 9.17. The molecule has 0 spiro atoms. The van der Waals surface area contributed by atoms with Crippen LogP contribution in [0.15, 0.2) is 23.8 Å². The average Bonchev–Trinajstić information content (AvgIpc) is 2.31. The second-order valence-corrected chi connectivity index (χ2v) is 4.85. The van der Waals surface area contributed by atoms with Gasteiger partial charge in [-0.25, -0.2) is 0 Å². The van der Waals surface area contributed by atoms with Crippen molar-refractivity contribution in [1.29, 1.82) is 0 Å². The largest absolute Gasteiger partial charge is 0.400 e. The van der Waals surface area contributed by atoms with E-state index >= 15 is 0 Å². The molecule has 1 unspecified atom stereocenters. The second-order valence-electron chi connectivity index (χ2n) is 4.85. The van der Waals surface area contributed by atoms with Gasteiger partial charge in [0.05, 0.1) is 0 Å². The first-order valence-corrected chi connectivity index (χ1v) is 6.43. The Bertz CT molecular complexity index is 275. The van der Waals surface area contributed by atoms with Crippen LogP contribution in [0.1, 0.15) is 46.5 Å². The molecule has 1 aliphatic carbocycles. The molecular formula is C15H26O2. The van der Waals surface area contributed by atoms with Gasteiger partial charge < -0.3 is 5.11 Å². The Hall–Kier alpha value is -0.890. The highest BCUT2D eigenvalue weighted by Crippen LogP contribution is 2.23. The van der Waals surface area contributed by atoms with Crippen LogP contribution >= 0.6 is 0 Å². The van der Waals surface area contributed by atoms with E-state index in [-0.39, 0.29) is 5.92 Å². The minimum Gasteiger partial charge on any atom is -0.400 e. The Morgan fingerprint density at radius 3 is 2.71 bits per heavy atom. The van der Waals surface area contributed by atoms with Crippen LogP contribution in [0.3, 0.4) is 0 Å². The van der Waals surface area contributed by atoms with Crippen LogP contribution in [-0.2, 0) is 4.79 Å². The van der Waals surface area contributed by atoms with Crippen molar-refractivity contribution in [3.05, 3.63) is 23.8 Å². The number of aliphatic hydroxyl groups excluding tert-OH is 1. The monoisotopic (exact) mass is 238 g/mol. The third-order valence-electron chi connectivity index (χ3n) is 3.01. The SMILES string of the molecule is C/C(=C\CCC(C)C)C1CCC=CC1=O.CO. The lowest BCUT2D eigenvalue weighted by molar-refractivity contribution is -0.117. The van der Waals surface area contributed by atoms with Crippen molar-refractivity contribution in [1.82, 2.24) is 0 Å². The maximum absolute atomic E-state index is 11.6. The molecule has 0 heterocycles. The molecule has 1 N–H and O–H groups in total. The van der Waals surface area contributed by atoms with Crippen LogP contribution in [0.25, 0.3) is 0 Å². The summed E-state index contributed by atoms with van der Waals surface area (Å²) in [5.41, 5.74) is 1.27. The molecule has 0 radical (unpaired) electrons. The van der Waals surface area contributed by atoms with E-state index in [1.165, 1.54) is 12.0 Å². The minimum absolute atomic E-state index is 0.169. The lowest BCUT2D eigenvalue weighted by Gasteiger charge is -2.17. The van der Waals surface area contributed by atoms with Gasteiger partial charge in [-0.1, -0.05) is 31.6 Å². The molecule has 17 heavy (non-hydrogen) atoms. The topological polar surface area (TPSA) is 37.3 Å². The van der Waals surface area contributed by atoms with Crippen LogP contribution < -0.4 is 0 Å². The van der Waals surface area contributed by atoms with Gasteiger partial charge in [-0.15, -0.1) is 0 Å². The molecule has 1 aliphatic rings. The van der Waals surface area contributed by atoms with Crippen molar-refractivity contribution in [3.63, 3.8) is 0 Å². The first-order valence-electron chi connectivity index (χ1n) is 6.43. The maximum atomic E-state index is 11.6. The van der Waals surface area contributed by atoms with E-state index in [1.807, 2.05) is 6.08 Å². The van der Waals surface area contributed by atoms with Crippen LogP contribution in [0, 0.1) is 11.8 Å². The number of allylic oxidation sites excluding steroid dienone is 4. The Morgan fingerprint density at radius 1 is 1.53 bits per heavy atom. The van der Waals surface area contributed by atoms with Crippen LogP contribution in [0.2, 0.25) is 0 Å². The molecular weight excluding hydrogens is 212 g/mol. The average molecular weight is 238 g/mol. The minimum atomic E-state index is 0.169. The summed E-state index contributed by atoms with van der Waals surface area (Å²) >= 11 is 0. The summed E-state index contributed by atoms with van der Waals surface area (Å²) in [6.07, 6.45) is 10.4. The van der Waals surface area contributed by atoms with Gasteiger partial charge >= 0.3 is 0 Å². The number of hydrogen-bond donors (Lipinski definition) is 1. The highest BCUT2D eigenvalue weighted by Gasteiger charge is 2.19. The fraction of sp³-hybridized carbons (Fsp3) is 0.667. The summed E-state index contributed by atoms with van der Waals surface area (Å²) in [5, 5.41) is 7.00. The van der Waals surface area contributed by atoms with Crippen molar-refractivity contribution in [2.24, 2.45) is 11.8 Å². The summed E-state index contributed by atoms with van der Waals surface area (Å²) in [7, 11) is 1.00. The first-order chi connectivity index (χ1) is 8.11. The fourth-order valence-corrected chi connectivity index (χ4v) is 1.96. The number of aliphatic hydroxyl groups is 1. The number of hydrogen-bond acceptors (Lipinski definition) is 2. The Kier molecular flexibility index (Phi) is 8.69. The first kappa shape index (κ1) is 16.1. The van der Waals surface area contributed by atoms with Gasteiger partial charge in [-0.05, 0) is 44.6 Å². The van der Waals surface area contributed by atoms with Gasteiger partial charge in [0.25, 0.3) is 0 Å². The Labute approximate surface area is 105 Å². The number of rotatable bonds is 4. The summed E-state index contributed by atoms with van der Waals surface area (Å²) < 4.78 is 0. The highest BCUT2D eigenvalue weighted by atomic mass is 16.2. The van der Waals surface area contributed by atoms with Crippen molar-refractivity contribution in [3.8, 4) is 0 Å². The third kappa shape index (κ3) is 6.42. The van der Waals surface area contributed by atoms with Gasteiger partial charge in [0, 0.05) is 13.0 Å². The zero-order chi connectivity index (χ0) is 13.3. The molecule has 1 rings (SSSR count). The molecule has 0 aliphatic heterocycles. The molecule has 0 aromatic carbocycles. The molecule has 0 saturated heterocycles. The fourth-order valence-electron chi connectivity index (χ4n) is 1.96. The molecule has 98 valence electrons. The molecule has 0 fully saturated rings. The predicted octanol–water partition coefficient (Wildman–Crippen LogP) is 3.51. The zero-order valence-electron chi connectivity index (χ0n) is 11.6. The number of ketones is 1. The molecule has 0 aromatic rings. The van der Waals surface area contributed by atoms with Crippen molar-refractivity contribution < 1.29 is 9.90 Å². The molecule has 0 aromatic heterocycles. The Balaban J connectivity index is 0.00000121. The van der Waals surface area contributed by atoms with E-state index < -0.39 is 0 Å². The molecule has 0 saturated carbocycles. The third-order valence-corrected chi connectivity index (χ3v) is 3.01. The van der Waals surface area contributed by atoms with Gasteiger partial charge in [0.15, 0.2) is 5.78 Å². The van der Waals surface area contributed by atoms with E-state index in [0.717, 1.165) is 32.3 Å². The van der Waals surface area contributed by atoms with E-state index in [2.05, 4.69) is 26.8 Å². The standard InChI is InChI=1S/C14H22O.CH4O/c1-11(2)7-6-8-12(3)13-9-4-5-10-14(13)15;1-2/h5,8,10-11,13H,4,6-7,9H2,1-3H3;2H,1H3/b12-8+;. The normalized spacial score (nSPS) is 20.2. The summed E-state index contributed by atoms with van der Waals surface area (Å²) in [6.45, 7) is 6.57. The Morgan fingerprint density at radius 2 is 2.18 bits per heavy atom. The zero-order valence-corrected chi connectivity index (χ0v) is 11.6. The van der Waals surface area contributed by atoms with Crippen molar-refractivity contribution in [2.45, 2.75) is 46.5 Å². The smallest absolute Gasteiger partial charge is 0.162 e. The predicted molar refractivity (Wildman–Crippen MR) is 72.8 cm³/mol. The quantitative estimate of drug-likeness (QED) is 0.761. The molecule has 1 atom stereocenters. The summed E-state index contributed by atoms with van der Waals surface area (Å²) in [5.74, 6) is 1.21. The summed E-state index contributed by atoms with van der Waals surface area (Å²) in [4.78, 5) is 11.6. The van der Waals surface area contributed by atoms with Crippen LogP contribution in [-0.4, -0.2) is 18.0 Å². The van der Waals surface area contributed by atoms with Gasteiger partial charge in [-0.2, -0.15) is 0 Å². The van der Waals surface area contributed by atoms with Gasteiger partial charge in [0.1, 0.15) is 0 Å². The van der Waals surface area contributed by atoms with E-state index in [4.69, 9.17) is 5.11 Å². The van der Waals surface area contributed by atoms with E-state index in [0.29, 0.717) is 5.78 Å². The van der Waals surface area contributed by atoms with Crippen molar-refractivity contribution >= 4 is 5.78 Å². The van der Waals surface area contributed by atoms with Crippen LogP contribution in [0.5, 0.6) is 0 Å². The summed E-state index contributed by atoms with van der Waals surface area (Å²) in [6, 6.07) is 0. The lowest BCUT2D eigenvalue weighted by Crippen LogP contribution is -2.16. The highest BCUT2D eigenvalue weighted by molar-refractivity contribution is 5.94. The molecule has 2 heteroatoms. The number of carbonyl (C=O) groups is 1. The van der Waals surface area contributed by atoms with E-state index in [1.54, 1.807) is 6.08 Å². The number of carbonyl (C=O) groups excluding carboxylic acids is 1. The van der Waals surface area contributed by atoms with Crippen molar-refractivity contribution in [2.75, 3.05) is 7.11 Å². The maximum Gasteiger partial charge on any atom is 0.162 e.